The number of sulfone groups is 1. The van der Waals surface area contributed by atoms with Crippen LogP contribution >= 0.6 is 0 Å². The number of carbonyl (C=O) groups excluding carboxylic acids is 1. The SMILES string of the molecule is C[C@H](NC(=O)c1ccc(S(=O)(=O)C(F)F)cc1)[C@@H]1CCCO1. The quantitative estimate of drug-likeness (QED) is 0.894. The molecule has 0 aliphatic carbocycles. The van der Waals surface area contributed by atoms with Gasteiger partial charge in [0.05, 0.1) is 17.0 Å². The summed E-state index contributed by atoms with van der Waals surface area (Å²) in [6.07, 6.45) is 1.78. The summed E-state index contributed by atoms with van der Waals surface area (Å²) in [6, 6.07) is 4.26. The Morgan fingerprint density at radius 1 is 1.32 bits per heavy atom. The van der Waals surface area contributed by atoms with Crippen molar-refractivity contribution in [3.63, 3.8) is 0 Å². The fraction of sp³-hybridized carbons (Fsp3) is 0.500. The molecule has 22 heavy (non-hydrogen) atoms. The summed E-state index contributed by atoms with van der Waals surface area (Å²) in [5, 5.41) is 2.76. The summed E-state index contributed by atoms with van der Waals surface area (Å²) >= 11 is 0. The lowest BCUT2D eigenvalue weighted by molar-refractivity contribution is 0.0712. The van der Waals surface area contributed by atoms with Gasteiger partial charge >= 0.3 is 5.76 Å². The van der Waals surface area contributed by atoms with Gasteiger partial charge in [0.1, 0.15) is 0 Å². The van der Waals surface area contributed by atoms with Gasteiger partial charge in [0.15, 0.2) is 0 Å². The van der Waals surface area contributed by atoms with Gasteiger partial charge in [-0.1, -0.05) is 0 Å². The van der Waals surface area contributed by atoms with Crippen molar-refractivity contribution in [3.8, 4) is 0 Å². The first-order valence-electron chi connectivity index (χ1n) is 6.87. The highest BCUT2D eigenvalue weighted by molar-refractivity contribution is 7.91. The molecule has 122 valence electrons. The highest BCUT2D eigenvalue weighted by atomic mass is 32.2. The van der Waals surface area contributed by atoms with E-state index in [9.17, 15) is 22.0 Å². The third-order valence-corrected chi connectivity index (χ3v) is 4.96. The molecule has 0 radical (unpaired) electrons. The lowest BCUT2D eigenvalue weighted by Gasteiger charge is -2.20. The van der Waals surface area contributed by atoms with Crippen LogP contribution in [0.3, 0.4) is 0 Å². The maximum absolute atomic E-state index is 12.4. The van der Waals surface area contributed by atoms with Gasteiger partial charge in [-0.15, -0.1) is 0 Å². The lowest BCUT2D eigenvalue weighted by Crippen LogP contribution is -2.40. The molecule has 2 atom stereocenters. The zero-order valence-corrected chi connectivity index (χ0v) is 12.8. The molecule has 1 aliphatic rings. The molecule has 1 saturated heterocycles. The molecule has 0 bridgehead atoms. The van der Waals surface area contributed by atoms with E-state index in [4.69, 9.17) is 4.74 Å². The average molecular weight is 333 g/mol. The standard InChI is InChI=1S/C14H17F2NO4S/c1-9(12-3-2-8-21-12)17-13(18)10-4-6-11(7-5-10)22(19,20)14(15)16/h4-7,9,12,14H,2-3,8H2,1H3,(H,17,18)/t9-,12-/m0/s1. The smallest absolute Gasteiger partial charge is 0.341 e. The van der Waals surface area contributed by atoms with Gasteiger partial charge in [0.25, 0.3) is 5.91 Å². The fourth-order valence-electron chi connectivity index (χ4n) is 2.28. The van der Waals surface area contributed by atoms with E-state index in [-0.39, 0.29) is 17.7 Å². The lowest BCUT2D eigenvalue weighted by atomic mass is 10.1. The molecule has 2 rings (SSSR count). The summed E-state index contributed by atoms with van der Waals surface area (Å²) in [5.41, 5.74) is 0.207. The maximum Gasteiger partial charge on any atom is 0.341 e. The van der Waals surface area contributed by atoms with Gasteiger partial charge in [0.2, 0.25) is 9.84 Å². The van der Waals surface area contributed by atoms with Crippen LogP contribution in [0.4, 0.5) is 8.78 Å². The second-order valence-electron chi connectivity index (χ2n) is 5.14. The van der Waals surface area contributed by atoms with Crippen LogP contribution in [0.25, 0.3) is 0 Å². The van der Waals surface area contributed by atoms with Crippen molar-refractivity contribution >= 4 is 15.7 Å². The van der Waals surface area contributed by atoms with Crippen molar-refractivity contribution < 1.29 is 26.7 Å². The van der Waals surface area contributed by atoms with Crippen molar-refractivity contribution in [2.75, 3.05) is 6.61 Å². The summed E-state index contributed by atoms with van der Waals surface area (Å²) in [4.78, 5) is 11.5. The molecule has 0 unspecified atom stereocenters. The number of benzene rings is 1. The Labute approximate surface area is 127 Å². The molecule has 1 N–H and O–H groups in total. The van der Waals surface area contributed by atoms with Crippen molar-refractivity contribution in [2.24, 2.45) is 0 Å². The van der Waals surface area contributed by atoms with Crippen LogP contribution in [0.15, 0.2) is 29.2 Å². The minimum Gasteiger partial charge on any atom is -0.376 e. The van der Waals surface area contributed by atoms with E-state index in [1.807, 2.05) is 6.92 Å². The number of hydrogen-bond acceptors (Lipinski definition) is 4. The second-order valence-corrected chi connectivity index (χ2v) is 7.06. The van der Waals surface area contributed by atoms with Gasteiger partial charge in [0, 0.05) is 12.2 Å². The predicted octanol–water partition coefficient (Wildman–Crippen LogP) is 1.98. The Morgan fingerprint density at radius 2 is 1.95 bits per heavy atom. The zero-order valence-electron chi connectivity index (χ0n) is 12.0. The van der Waals surface area contributed by atoms with Crippen molar-refractivity contribution in [1.29, 1.82) is 0 Å². The Hall–Kier alpha value is -1.54. The predicted molar refractivity (Wildman–Crippen MR) is 75.5 cm³/mol. The first-order chi connectivity index (χ1) is 10.3. The number of hydrogen-bond donors (Lipinski definition) is 1. The minimum absolute atomic E-state index is 0.0394. The average Bonchev–Trinajstić information content (AvgIpc) is 3.01. The van der Waals surface area contributed by atoms with E-state index in [0.29, 0.717) is 6.61 Å². The van der Waals surface area contributed by atoms with Crippen molar-refractivity contribution in [2.45, 2.75) is 42.6 Å². The van der Waals surface area contributed by atoms with E-state index in [1.165, 1.54) is 12.1 Å². The van der Waals surface area contributed by atoms with Crippen LogP contribution < -0.4 is 5.32 Å². The largest absolute Gasteiger partial charge is 0.376 e. The second kappa shape index (κ2) is 6.70. The Kier molecular flexibility index (Phi) is 5.12. The molecule has 5 nitrogen and oxygen atoms in total. The highest BCUT2D eigenvalue weighted by Gasteiger charge is 2.27. The van der Waals surface area contributed by atoms with Gasteiger partial charge < -0.3 is 10.1 Å². The molecule has 1 aromatic carbocycles. The first-order valence-corrected chi connectivity index (χ1v) is 8.41. The number of halogens is 2. The molecule has 0 aromatic heterocycles. The van der Waals surface area contributed by atoms with E-state index < -0.39 is 26.4 Å². The summed E-state index contributed by atoms with van der Waals surface area (Å²) in [7, 11) is -4.64. The molecule has 1 amide bonds. The van der Waals surface area contributed by atoms with Crippen LogP contribution in [0.5, 0.6) is 0 Å². The van der Waals surface area contributed by atoms with Gasteiger partial charge in [-0.05, 0) is 44.0 Å². The fourth-order valence-corrected chi connectivity index (χ4v) is 3.00. The van der Waals surface area contributed by atoms with E-state index in [2.05, 4.69) is 5.32 Å². The number of amides is 1. The van der Waals surface area contributed by atoms with E-state index in [1.54, 1.807) is 0 Å². The zero-order chi connectivity index (χ0) is 16.3. The van der Waals surface area contributed by atoms with Crippen molar-refractivity contribution in [1.82, 2.24) is 5.32 Å². The Morgan fingerprint density at radius 3 is 2.45 bits per heavy atom. The molecular formula is C14H17F2NO4S. The minimum atomic E-state index is -4.64. The third-order valence-electron chi connectivity index (χ3n) is 3.56. The summed E-state index contributed by atoms with van der Waals surface area (Å²) in [6.45, 7) is 2.49. The summed E-state index contributed by atoms with van der Waals surface area (Å²) in [5.74, 6) is -3.88. The molecule has 1 heterocycles. The Balaban J connectivity index is 2.05. The van der Waals surface area contributed by atoms with Crippen molar-refractivity contribution in [3.05, 3.63) is 29.8 Å². The van der Waals surface area contributed by atoms with Gasteiger partial charge in [-0.25, -0.2) is 8.42 Å². The molecule has 1 fully saturated rings. The molecule has 1 aliphatic heterocycles. The first kappa shape index (κ1) is 16.8. The topological polar surface area (TPSA) is 72.5 Å². The maximum atomic E-state index is 12.4. The van der Waals surface area contributed by atoms with E-state index in [0.717, 1.165) is 25.0 Å². The summed E-state index contributed by atoms with van der Waals surface area (Å²) < 4.78 is 52.9. The third kappa shape index (κ3) is 3.61. The normalized spacial score (nSPS) is 20.1. The van der Waals surface area contributed by atoms with E-state index >= 15 is 0 Å². The van der Waals surface area contributed by atoms with Gasteiger partial charge in [-0.3, -0.25) is 4.79 Å². The molecular weight excluding hydrogens is 316 g/mol. The number of rotatable bonds is 5. The van der Waals surface area contributed by atoms with Crippen LogP contribution in [0.1, 0.15) is 30.1 Å². The van der Waals surface area contributed by atoms with Crippen LogP contribution in [0.2, 0.25) is 0 Å². The Bertz CT molecular complexity index is 625. The number of ether oxygens (including phenoxy) is 1. The highest BCUT2D eigenvalue weighted by Crippen LogP contribution is 2.19. The van der Waals surface area contributed by atoms with Gasteiger partial charge in [-0.2, -0.15) is 8.78 Å². The molecule has 0 spiro atoms. The molecule has 8 heteroatoms. The van der Waals surface area contributed by atoms with Crippen LogP contribution in [-0.2, 0) is 14.6 Å². The monoisotopic (exact) mass is 333 g/mol. The molecule has 1 aromatic rings. The molecule has 0 saturated carbocycles. The number of alkyl halides is 2. The van der Waals surface area contributed by atoms with Crippen LogP contribution in [-0.4, -0.2) is 38.8 Å². The van der Waals surface area contributed by atoms with Crippen LogP contribution in [0, 0.1) is 0 Å². The number of nitrogens with one attached hydrogen (secondary N) is 1. The number of carbonyl (C=O) groups is 1.